The minimum absolute atomic E-state index is 0.0332. The standard InChI is InChI=1S/C12H23N3O2/c1-9-6-14-5-3-4-10(14)7-15(9)12(16)11(13)8-17-2/h9-11H,3-8,13H2,1-2H3. The van der Waals surface area contributed by atoms with Gasteiger partial charge in [-0.3, -0.25) is 9.69 Å². The summed E-state index contributed by atoms with van der Waals surface area (Å²) >= 11 is 0. The molecule has 3 unspecified atom stereocenters. The van der Waals surface area contributed by atoms with E-state index in [9.17, 15) is 4.79 Å². The second-order valence-electron chi connectivity index (χ2n) is 5.19. The number of nitrogens with two attached hydrogens (primary N) is 1. The van der Waals surface area contributed by atoms with Crippen LogP contribution in [0.1, 0.15) is 19.8 Å². The van der Waals surface area contributed by atoms with Crippen molar-refractivity contribution in [2.45, 2.75) is 37.9 Å². The van der Waals surface area contributed by atoms with Crippen LogP contribution < -0.4 is 5.73 Å². The van der Waals surface area contributed by atoms with Crippen molar-refractivity contribution >= 4 is 5.91 Å². The summed E-state index contributed by atoms with van der Waals surface area (Å²) in [5, 5.41) is 0. The van der Waals surface area contributed by atoms with Gasteiger partial charge in [0.25, 0.3) is 0 Å². The molecule has 0 aromatic carbocycles. The van der Waals surface area contributed by atoms with Crippen molar-refractivity contribution < 1.29 is 9.53 Å². The van der Waals surface area contributed by atoms with E-state index in [1.807, 2.05) is 4.90 Å². The summed E-state index contributed by atoms with van der Waals surface area (Å²) in [4.78, 5) is 16.6. The van der Waals surface area contributed by atoms with Gasteiger partial charge in [0.05, 0.1) is 6.61 Å². The molecule has 2 rings (SSSR count). The van der Waals surface area contributed by atoms with Crippen LogP contribution >= 0.6 is 0 Å². The minimum Gasteiger partial charge on any atom is -0.383 e. The lowest BCUT2D eigenvalue weighted by atomic mass is 10.1. The zero-order valence-electron chi connectivity index (χ0n) is 10.8. The normalized spacial score (nSPS) is 31.4. The van der Waals surface area contributed by atoms with Crippen molar-refractivity contribution in [3.63, 3.8) is 0 Å². The third kappa shape index (κ3) is 2.61. The molecule has 98 valence electrons. The average molecular weight is 241 g/mol. The Morgan fingerprint density at radius 3 is 3.00 bits per heavy atom. The summed E-state index contributed by atoms with van der Waals surface area (Å²) in [5.74, 6) is 0.0332. The fraction of sp³-hybridized carbons (Fsp3) is 0.917. The largest absolute Gasteiger partial charge is 0.383 e. The van der Waals surface area contributed by atoms with Gasteiger partial charge in [0, 0.05) is 32.3 Å². The van der Waals surface area contributed by atoms with E-state index in [2.05, 4.69) is 11.8 Å². The van der Waals surface area contributed by atoms with Gasteiger partial charge in [-0.05, 0) is 26.3 Å². The highest BCUT2D eigenvalue weighted by molar-refractivity contribution is 5.82. The number of fused-ring (bicyclic) bond motifs is 1. The van der Waals surface area contributed by atoms with E-state index in [-0.39, 0.29) is 11.9 Å². The number of hydrogen-bond donors (Lipinski definition) is 1. The topological polar surface area (TPSA) is 58.8 Å². The molecule has 0 radical (unpaired) electrons. The molecule has 0 aliphatic carbocycles. The number of hydrogen-bond acceptors (Lipinski definition) is 4. The highest BCUT2D eigenvalue weighted by Crippen LogP contribution is 2.24. The molecule has 0 bridgehead atoms. The summed E-state index contributed by atoms with van der Waals surface area (Å²) < 4.78 is 4.95. The summed E-state index contributed by atoms with van der Waals surface area (Å²) in [6, 6.07) is 0.292. The van der Waals surface area contributed by atoms with Crippen LogP contribution in [-0.4, -0.2) is 67.2 Å². The zero-order chi connectivity index (χ0) is 12.4. The van der Waals surface area contributed by atoms with Crippen LogP contribution in [0, 0.1) is 0 Å². The van der Waals surface area contributed by atoms with E-state index < -0.39 is 6.04 Å². The van der Waals surface area contributed by atoms with Crippen LogP contribution in [0.2, 0.25) is 0 Å². The van der Waals surface area contributed by atoms with Crippen LogP contribution in [-0.2, 0) is 9.53 Å². The van der Waals surface area contributed by atoms with Crippen molar-refractivity contribution in [3.8, 4) is 0 Å². The van der Waals surface area contributed by atoms with Gasteiger partial charge >= 0.3 is 0 Å². The third-order valence-corrected chi connectivity index (χ3v) is 3.88. The van der Waals surface area contributed by atoms with E-state index in [0.29, 0.717) is 12.6 Å². The van der Waals surface area contributed by atoms with Gasteiger partial charge in [-0.15, -0.1) is 0 Å². The Labute approximate surface area is 103 Å². The van der Waals surface area contributed by atoms with Crippen LogP contribution in [0.5, 0.6) is 0 Å². The third-order valence-electron chi connectivity index (χ3n) is 3.88. The monoisotopic (exact) mass is 241 g/mol. The Hall–Kier alpha value is -0.650. The molecule has 17 heavy (non-hydrogen) atoms. The number of nitrogens with zero attached hydrogens (tertiary/aromatic N) is 2. The van der Waals surface area contributed by atoms with Crippen molar-refractivity contribution in [2.24, 2.45) is 5.73 Å². The number of carbonyl (C=O) groups excluding carboxylic acids is 1. The van der Waals surface area contributed by atoms with Crippen molar-refractivity contribution in [1.29, 1.82) is 0 Å². The molecular formula is C12H23N3O2. The summed E-state index contributed by atoms with van der Waals surface area (Å²) in [6.07, 6.45) is 2.46. The molecule has 2 heterocycles. The fourth-order valence-corrected chi connectivity index (χ4v) is 2.96. The first-order chi connectivity index (χ1) is 8.13. The molecule has 2 saturated heterocycles. The van der Waals surface area contributed by atoms with Crippen molar-refractivity contribution in [1.82, 2.24) is 9.80 Å². The van der Waals surface area contributed by atoms with Crippen LogP contribution in [0.3, 0.4) is 0 Å². The lowest BCUT2D eigenvalue weighted by molar-refractivity contribution is -0.139. The van der Waals surface area contributed by atoms with Gasteiger partial charge in [-0.2, -0.15) is 0 Å². The molecule has 0 aromatic rings. The van der Waals surface area contributed by atoms with Crippen LogP contribution in [0.4, 0.5) is 0 Å². The minimum atomic E-state index is -0.518. The number of piperazine rings is 1. The fourth-order valence-electron chi connectivity index (χ4n) is 2.96. The van der Waals surface area contributed by atoms with Gasteiger partial charge in [0.15, 0.2) is 0 Å². The Morgan fingerprint density at radius 1 is 1.53 bits per heavy atom. The van der Waals surface area contributed by atoms with Crippen molar-refractivity contribution in [3.05, 3.63) is 0 Å². The molecule has 0 aromatic heterocycles. The predicted octanol–water partition coefficient (Wildman–Crippen LogP) is -0.345. The molecule has 2 aliphatic rings. The molecule has 0 saturated carbocycles. The van der Waals surface area contributed by atoms with Crippen LogP contribution in [0.15, 0.2) is 0 Å². The molecular weight excluding hydrogens is 218 g/mol. The van der Waals surface area contributed by atoms with E-state index in [0.717, 1.165) is 13.1 Å². The highest BCUT2D eigenvalue weighted by Gasteiger charge is 2.37. The number of carbonyl (C=O) groups is 1. The lowest BCUT2D eigenvalue weighted by Gasteiger charge is -2.43. The number of methoxy groups -OCH3 is 1. The average Bonchev–Trinajstić information content (AvgIpc) is 2.74. The number of ether oxygens (including phenoxy) is 1. The molecule has 2 N–H and O–H groups in total. The first kappa shape index (κ1) is 12.8. The van der Waals surface area contributed by atoms with Crippen molar-refractivity contribution in [2.75, 3.05) is 33.4 Å². The van der Waals surface area contributed by atoms with E-state index >= 15 is 0 Å². The maximum Gasteiger partial charge on any atom is 0.242 e. The number of amides is 1. The number of rotatable bonds is 3. The van der Waals surface area contributed by atoms with Crippen LogP contribution in [0.25, 0.3) is 0 Å². The lowest BCUT2D eigenvalue weighted by Crippen LogP contribution is -2.60. The maximum atomic E-state index is 12.2. The SMILES string of the molecule is COCC(N)C(=O)N1CC2CCCN2CC1C. The molecule has 3 atom stereocenters. The van der Waals surface area contributed by atoms with Gasteiger partial charge < -0.3 is 15.4 Å². The Morgan fingerprint density at radius 2 is 2.29 bits per heavy atom. The second-order valence-corrected chi connectivity index (χ2v) is 5.19. The Balaban J connectivity index is 1.97. The van der Waals surface area contributed by atoms with Gasteiger partial charge in [-0.1, -0.05) is 0 Å². The quantitative estimate of drug-likeness (QED) is 0.734. The molecule has 2 aliphatic heterocycles. The van der Waals surface area contributed by atoms with Gasteiger partial charge in [-0.25, -0.2) is 0 Å². The van der Waals surface area contributed by atoms with Gasteiger partial charge in [0.2, 0.25) is 5.91 Å². The molecule has 5 heteroatoms. The van der Waals surface area contributed by atoms with E-state index in [4.69, 9.17) is 10.5 Å². The highest BCUT2D eigenvalue weighted by atomic mass is 16.5. The summed E-state index contributed by atoms with van der Waals surface area (Å²) in [5.41, 5.74) is 5.83. The smallest absolute Gasteiger partial charge is 0.242 e. The molecule has 5 nitrogen and oxygen atoms in total. The Kier molecular flexibility index (Phi) is 4.01. The summed E-state index contributed by atoms with van der Waals surface area (Å²) in [7, 11) is 1.57. The van der Waals surface area contributed by atoms with E-state index in [1.54, 1.807) is 7.11 Å². The zero-order valence-corrected chi connectivity index (χ0v) is 10.8. The predicted molar refractivity (Wildman–Crippen MR) is 65.6 cm³/mol. The molecule has 0 spiro atoms. The van der Waals surface area contributed by atoms with Gasteiger partial charge in [0.1, 0.15) is 6.04 Å². The Bertz CT molecular complexity index is 285. The maximum absolute atomic E-state index is 12.2. The second kappa shape index (κ2) is 5.33. The molecule has 2 fully saturated rings. The first-order valence-electron chi connectivity index (χ1n) is 6.42. The summed E-state index contributed by atoms with van der Waals surface area (Å²) in [6.45, 7) is 5.40. The first-order valence-corrected chi connectivity index (χ1v) is 6.42. The molecule has 1 amide bonds. The van der Waals surface area contributed by atoms with E-state index in [1.165, 1.54) is 19.4 Å².